The Kier molecular flexibility index (Phi) is 3.55. The minimum absolute atomic E-state index is 0.224. The first-order chi connectivity index (χ1) is 10.1. The summed E-state index contributed by atoms with van der Waals surface area (Å²) in [5.74, 6) is 0.113. The molecule has 0 unspecified atom stereocenters. The maximum absolute atomic E-state index is 14.1. The molecule has 2 fully saturated rings. The van der Waals surface area contributed by atoms with Gasteiger partial charge in [-0.05, 0) is 58.7 Å². The van der Waals surface area contributed by atoms with Crippen molar-refractivity contribution < 1.29 is 23.5 Å². The van der Waals surface area contributed by atoms with E-state index in [0.717, 1.165) is 12.8 Å². The summed E-state index contributed by atoms with van der Waals surface area (Å²) in [6, 6.07) is 4.48. The fraction of sp³-hybridized carbons (Fsp3) is 0.625. The van der Waals surface area contributed by atoms with E-state index < -0.39 is 29.7 Å². The third-order valence-electron chi connectivity index (χ3n) is 4.81. The van der Waals surface area contributed by atoms with Gasteiger partial charge >= 0.3 is 7.12 Å². The van der Waals surface area contributed by atoms with E-state index in [0.29, 0.717) is 11.2 Å². The highest BCUT2D eigenvalue weighted by molar-refractivity contribution is 6.62. The van der Waals surface area contributed by atoms with Crippen molar-refractivity contribution in [2.24, 2.45) is 0 Å². The van der Waals surface area contributed by atoms with Gasteiger partial charge in [-0.1, -0.05) is 0 Å². The van der Waals surface area contributed by atoms with Crippen molar-refractivity contribution in [3.63, 3.8) is 0 Å². The quantitative estimate of drug-likeness (QED) is 0.865. The summed E-state index contributed by atoms with van der Waals surface area (Å²) in [5.41, 5.74) is -1.44. The third kappa shape index (κ3) is 2.87. The lowest BCUT2D eigenvalue weighted by molar-refractivity contribution is 0.00578. The summed E-state index contributed by atoms with van der Waals surface area (Å²) in [4.78, 5) is 0. The van der Waals surface area contributed by atoms with Crippen LogP contribution in [0, 0.1) is 5.82 Å². The van der Waals surface area contributed by atoms with E-state index in [2.05, 4.69) is 0 Å². The second-order valence-electron chi connectivity index (χ2n) is 7.28. The minimum atomic E-state index is -0.766. The Labute approximate surface area is 130 Å². The number of halogens is 1. The molecule has 1 saturated carbocycles. The van der Waals surface area contributed by atoms with Crippen LogP contribution in [0.4, 0.5) is 4.39 Å². The Hall–Kier alpha value is -1.11. The first-order valence-electron chi connectivity index (χ1n) is 7.62. The summed E-state index contributed by atoms with van der Waals surface area (Å²) < 4.78 is 31.5. The number of rotatable bonds is 4. The number of benzene rings is 1. The zero-order valence-corrected chi connectivity index (χ0v) is 13.5. The average molecular weight is 308 g/mol. The van der Waals surface area contributed by atoms with E-state index in [1.165, 1.54) is 6.07 Å². The molecule has 0 spiro atoms. The van der Waals surface area contributed by atoms with Crippen molar-refractivity contribution in [3.8, 4) is 5.75 Å². The van der Waals surface area contributed by atoms with Gasteiger partial charge in [-0.3, -0.25) is 0 Å². The third-order valence-corrected chi connectivity index (χ3v) is 4.81. The van der Waals surface area contributed by atoms with Crippen molar-refractivity contribution in [1.82, 2.24) is 0 Å². The normalized spacial score (nSPS) is 24.4. The van der Waals surface area contributed by atoms with Crippen molar-refractivity contribution in [1.29, 1.82) is 0 Å². The van der Waals surface area contributed by atoms with Gasteiger partial charge in [0, 0.05) is 5.46 Å². The monoisotopic (exact) mass is 308 g/mol. The lowest BCUT2D eigenvalue weighted by atomic mass is 9.78. The van der Waals surface area contributed by atoms with Crippen LogP contribution in [0.2, 0.25) is 0 Å². The van der Waals surface area contributed by atoms with E-state index in [1.807, 2.05) is 27.7 Å². The summed E-state index contributed by atoms with van der Waals surface area (Å²) in [6.07, 6.45) is 1.50. The molecule has 0 radical (unpaired) electrons. The lowest BCUT2D eigenvalue weighted by Crippen LogP contribution is -2.41. The molecule has 0 atom stereocenters. The van der Waals surface area contributed by atoms with E-state index in [1.54, 1.807) is 12.1 Å². The topological polar surface area (TPSA) is 47.9 Å². The van der Waals surface area contributed by atoms with Crippen LogP contribution >= 0.6 is 0 Å². The van der Waals surface area contributed by atoms with Gasteiger partial charge < -0.3 is 19.2 Å². The fourth-order valence-electron chi connectivity index (χ4n) is 2.27. The number of hydrogen-bond donors (Lipinski definition) is 1. The van der Waals surface area contributed by atoms with Crippen LogP contribution < -0.4 is 10.2 Å². The number of hydrogen-bond acceptors (Lipinski definition) is 4. The lowest BCUT2D eigenvalue weighted by Gasteiger charge is -2.32. The Morgan fingerprint density at radius 2 is 1.77 bits per heavy atom. The molecule has 1 saturated heterocycles. The highest BCUT2D eigenvalue weighted by Crippen LogP contribution is 2.37. The van der Waals surface area contributed by atoms with E-state index in [9.17, 15) is 9.50 Å². The van der Waals surface area contributed by atoms with Gasteiger partial charge in [-0.15, -0.1) is 0 Å². The Morgan fingerprint density at radius 3 is 2.32 bits per heavy atom. The maximum atomic E-state index is 14.1. The van der Waals surface area contributed by atoms with Gasteiger partial charge in [0.05, 0.1) is 16.8 Å². The van der Waals surface area contributed by atoms with Gasteiger partial charge in [0.1, 0.15) is 18.2 Å². The van der Waals surface area contributed by atoms with Gasteiger partial charge in [0.25, 0.3) is 0 Å². The molecule has 6 heteroatoms. The van der Waals surface area contributed by atoms with Gasteiger partial charge in [-0.2, -0.15) is 0 Å². The van der Waals surface area contributed by atoms with Crippen LogP contribution in [-0.4, -0.2) is 35.6 Å². The molecule has 1 aliphatic heterocycles. The second-order valence-corrected chi connectivity index (χ2v) is 7.28. The Bertz CT molecular complexity index is 568. The van der Waals surface area contributed by atoms with Crippen molar-refractivity contribution in [2.75, 3.05) is 6.61 Å². The summed E-state index contributed by atoms with van der Waals surface area (Å²) >= 11 is 0. The number of ether oxygens (including phenoxy) is 1. The summed E-state index contributed by atoms with van der Waals surface area (Å²) in [7, 11) is -0.766. The first kappa shape index (κ1) is 15.8. The predicted molar refractivity (Wildman–Crippen MR) is 81.8 cm³/mol. The largest absolute Gasteiger partial charge is 0.497 e. The maximum Gasteiger partial charge on any atom is 0.497 e. The fourth-order valence-corrected chi connectivity index (χ4v) is 2.27. The molecule has 3 rings (SSSR count). The smallest absolute Gasteiger partial charge is 0.491 e. The molecule has 1 aromatic rings. The molecule has 2 aliphatic rings. The van der Waals surface area contributed by atoms with Gasteiger partial charge in [-0.25, -0.2) is 4.39 Å². The minimum Gasteiger partial charge on any atom is -0.491 e. The van der Waals surface area contributed by atoms with Crippen LogP contribution in [0.3, 0.4) is 0 Å². The second kappa shape index (κ2) is 4.95. The SMILES string of the molecule is CC1(C)OB(c2cc(OCC3(O)CC3)ccc2F)OC1(C)C. The zero-order valence-electron chi connectivity index (χ0n) is 13.5. The molecule has 1 N–H and O–H groups in total. The highest BCUT2D eigenvalue weighted by Gasteiger charge is 2.52. The van der Waals surface area contributed by atoms with Crippen LogP contribution in [0.1, 0.15) is 40.5 Å². The molecule has 1 aliphatic carbocycles. The summed E-state index contributed by atoms with van der Waals surface area (Å²) in [6.45, 7) is 7.92. The summed E-state index contributed by atoms with van der Waals surface area (Å²) in [5, 5.41) is 9.81. The molecule has 22 heavy (non-hydrogen) atoms. The average Bonchev–Trinajstić information content (AvgIpc) is 3.09. The van der Waals surface area contributed by atoms with Crippen LogP contribution in [0.15, 0.2) is 18.2 Å². The zero-order chi connectivity index (χ0) is 16.2. The molecular formula is C16H22BFO4. The molecule has 4 nitrogen and oxygen atoms in total. The Morgan fingerprint density at radius 1 is 1.18 bits per heavy atom. The number of aliphatic hydroxyl groups is 1. The molecule has 1 aromatic carbocycles. The molecule has 0 aromatic heterocycles. The standard InChI is InChI=1S/C16H22BFO4/c1-14(2)15(3,4)22-17(21-14)12-9-11(5-6-13(12)18)20-10-16(19)7-8-16/h5-6,9,19H,7-8,10H2,1-4H3. The molecule has 120 valence electrons. The van der Waals surface area contributed by atoms with E-state index in [-0.39, 0.29) is 6.61 Å². The molecule has 0 amide bonds. The van der Waals surface area contributed by atoms with E-state index >= 15 is 0 Å². The predicted octanol–water partition coefficient (Wildman–Crippen LogP) is 2.03. The van der Waals surface area contributed by atoms with Crippen LogP contribution in [-0.2, 0) is 9.31 Å². The molecule has 0 bridgehead atoms. The molecular weight excluding hydrogens is 286 g/mol. The van der Waals surface area contributed by atoms with Crippen molar-refractivity contribution >= 4 is 12.6 Å². The van der Waals surface area contributed by atoms with Gasteiger partial charge in [0.15, 0.2) is 0 Å². The van der Waals surface area contributed by atoms with Crippen molar-refractivity contribution in [3.05, 3.63) is 24.0 Å². The first-order valence-corrected chi connectivity index (χ1v) is 7.62. The highest BCUT2D eigenvalue weighted by atomic mass is 19.1. The van der Waals surface area contributed by atoms with Crippen molar-refractivity contribution in [2.45, 2.75) is 57.3 Å². The van der Waals surface area contributed by atoms with Crippen LogP contribution in [0.5, 0.6) is 5.75 Å². The van der Waals surface area contributed by atoms with Crippen LogP contribution in [0.25, 0.3) is 0 Å². The Balaban J connectivity index is 1.78. The molecule has 1 heterocycles. The van der Waals surface area contributed by atoms with Gasteiger partial charge in [0.2, 0.25) is 0 Å². The van der Waals surface area contributed by atoms with E-state index in [4.69, 9.17) is 14.0 Å².